The Hall–Kier alpha value is -2.82. The summed E-state index contributed by atoms with van der Waals surface area (Å²) in [6, 6.07) is 12.8. The summed E-state index contributed by atoms with van der Waals surface area (Å²) in [5.74, 6) is -0.375. The van der Waals surface area contributed by atoms with Crippen LogP contribution in [-0.4, -0.2) is 19.1 Å². The molecule has 132 valence electrons. The molecule has 2 amide bonds. The summed E-state index contributed by atoms with van der Waals surface area (Å²) >= 11 is 0. The number of methoxy groups -OCH3 is 1. The Morgan fingerprint density at radius 2 is 1.76 bits per heavy atom. The van der Waals surface area contributed by atoms with Crippen molar-refractivity contribution in [3.05, 3.63) is 70.3 Å². The van der Waals surface area contributed by atoms with Gasteiger partial charge in [0.2, 0.25) is 0 Å². The molecule has 0 heterocycles. The molecule has 25 heavy (non-hydrogen) atoms. The fourth-order valence-electron chi connectivity index (χ4n) is 2.61. The lowest BCUT2D eigenvalue weighted by molar-refractivity contribution is 0.0600. The number of nitrogens with one attached hydrogen (secondary N) is 2. The average Bonchev–Trinajstić information content (AvgIpc) is 2.61. The number of carbonyl (C=O) groups excluding carboxylic acids is 2. The maximum absolute atomic E-state index is 12.1. The monoisotopic (exact) mass is 340 g/mol. The summed E-state index contributed by atoms with van der Waals surface area (Å²) in [5.41, 5.74) is 4.82. The van der Waals surface area contributed by atoms with E-state index in [-0.39, 0.29) is 18.0 Å². The van der Waals surface area contributed by atoms with Crippen LogP contribution in [0.4, 0.5) is 4.79 Å². The molecular weight excluding hydrogens is 316 g/mol. The number of ether oxygens (including phenoxy) is 1. The van der Waals surface area contributed by atoms with Crippen molar-refractivity contribution in [1.82, 2.24) is 10.6 Å². The zero-order chi connectivity index (χ0) is 18.4. The van der Waals surface area contributed by atoms with Crippen LogP contribution in [0.3, 0.4) is 0 Å². The first-order valence-corrected chi connectivity index (χ1v) is 8.19. The largest absolute Gasteiger partial charge is 0.465 e. The average molecular weight is 340 g/mol. The van der Waals surface area contributed by atoms with Crippen LogP contribution >= 0.6 is 0 Å². The normalized spacial score (nSPS) is 11.5. The van der Waals surface area contributed by atoms with Gasteiger partial charge in [0.1, 0.15) is 0 Å². The van der Waals surface area contributed by atoms with Gasteiger partial charge in [-0.3, -0.25) is 0 Å². The molecule has 2 N–H and O–H groups in total. The summed E-state index contributed by atoms with van der Waals surface area (Å²) < 4.78 is 4.66. The number of urea groups is 1. The van der Waals surface area contributed by atoms with Gasteiger partial charge >= 0.3 is 12.0 Å². The van der Waals surface area contributed by atoms with Gasteiger partial charge < -0.3 is 15.4 Å². The lowest BCUT2D eigenvalue weighted by Gasteiger charge is -2.18. The van der Waals surface area contributed by atoms with Gasteiger partial charge in [0.15, 0.2) is 0 Å². The van der Waals surface area contributed by atoms with E-state index in [4.69, 9.17) is 0 Å². The Balaban J connectivity index is 1.90. The highest BCUT2D eigenvalue weighted by Crippen LogP contribution is 2.18. The lowest BCUT2D eigenvalue weighted by Crippen LogP contribution is -2.36. The molecular formula is C20H24N2O3. The van der Waals surface area contributed by atoms with Crippen LogP contribution in [0, 0.1) is 13.8 Å². The van der Waals surface area contributed by atoms with E-state index in [2.05, 4.69) is 33.6 Å². The van der Waals surface area contributed by atoms with Crippen molar-refractivity contribution in [2.75, 3.05) is 7.11 Å². The summed E-state index contributed by atoms with van der Waals surface area (Å²) in [6.45, 7) is 6.42. The number of aryl methyl sites for hydroxylation is 2. The molecule has 1 unspecified atom stereocenters. The van der Waals surface area contributed by atoms with Gasteiger partial charge in [-0.15, -0.1) is 0 Å². The number of benzene rings is 2. The minimum absolute atomic E-state index is 0.0819. The summed E-state index contributed by atoms with van der Waals surface area (Å²) in [5, 5.41) is 5.78. The van der Waals surface area contributed by atoms with E-state index in [0.29, 0.717) is 12.1 Å². The Bertz CT molecular complexity index is 754. The topological polar surface area (TPSA) is 67.4 Å². The van der Waals surface area contributed by atoms with Gasteiger partial charge in [-0.05, 0) is 49.6 Å². The van der Waals surface area contributed by atoms with Gasteiger partial charge in [0.25, 0.3) is 0 Å². The summed E-state index contributed by atoms with van der Waals surface area (Å²) in [7, 11) is 1.35. The van der Waals surface area contributed by atoms with E-state index in [1.807, 2.05) is 20.8 Å². The van der Waals surface area contributed by atoms with Crippen LogP contribution in [0.1, 0.15) is 45.6 Å². The molecule has 0 spiro atoms. The predicted molar refractivity (Wildman–Crippen MR) is 97.5 cm³/mol. The number of esters is 1. The van der Waals surface area contributed by atoms with E-state index < -0.39 is 0 Å². The van der Waals surface area contributed by atoms with Crippen molar-refractivity contribution in [2.45, 2.75) is 33.4 Å². The van der Waals surface area contributed by atoms with Crippen molar-refractivity contribution >= 4 is 12.0 Å². The van der Waals surface area contributed by atoms with E-state index in [1.54, 1.807) is 24.3 Å². The smallest absolute Gasteiger partial charge is 0.337 e. The first-order valence-electron chi connectivity index (χ1n) is 8.19. The molecule has 2 aromatic rings. The first kappa shape index (κ1) is 18.5. The van der Waals surface area contributed by atoms with E-state index in [9.17, 15) is 9.59 Å². The molecule has 5 heteroatoms. The SMILES string of the molecule is COC(=O)c1ccc(CNC(=O)NC(C)c2cc(C)ccc2C)cc1. The van der Waals surface area contributed by atoms with Crippen molar-refractivity contribution in [3.63, 3.8) is 0 Å². The van der Waals surface area contributed by atoms with Crippen LogP contribution in [0.2, 0.25) is 0 Å². The van der Waals surface area contributed by atoms with Crippen LogP contribution in [0.15, 0.2) is 42.5 Å². The molecule has 0 fully saturated rings. The minimum atomic E-state index is -0.375. The molecule has 0 saturated heterocycles. The predicted octanol–water partition coefficient (Wildman–Crippen LogP) is 3.65. The highest BCUT2D eigenvalue weighted by Gasteiger charge is 2.12. The second-order valence-electron chi connectivity index (χ2n) is 6.10. The third-order valence-corrected chi connectivity index (χ3v) is 4.08. The van der Waals surface area contributed by atoms with Crippen LogP contribution in [0.25, 0.3) is 0 Å². The zero-order valence-electron chi connectivity index (χ0n) is 15.1. The number of carbonyl (C=O) groups is 2. The molecule has 0 aromatic heterocycles. The molecule has 2 rings (SSSR count). The molecule has 0 radical (unpaired) electrons. The Labute approximate surface area is 148 Å². The number of hydrogen-bond acceptors (Lipinski definition) is 3. The second-order valence-corrected chi connectivity index (χ2v) is 6.10. The van der Waals surface area contributed by atoms with Crippen LogP contribution in [-0.2, 0) is 11.3 Å². The molecule has 0 aliphatic heterocycles. The Morgan fingerprint density at radius 3 is 2.40 bits per heavy atom. The Morgan fingerprint density at radius 1 is 1.08 bits per heavy atom. The van der Waals surface area contributed by atoms with E-state index in [1.165, 1.54) is 12.7 Å². The maximum Gasteiger partial charge on any atom is 0.337 e. The van der Waals surface area contributed by atoms with E-state index in [0.717, 1.165) is 16.7 Å². The molecule has 2 aromatic carbocycles. The summed E-state index contributed by atoms with van der Waals surface area (Å²) in [4.78, 5) is 23.5. The number of hydrogen-bond donors (Lipinski definition) is 2. The van der Waals surface area contributed by atoms with Gasteiger partial charge in [-0.1, -0.05) is 35.9 Å². The molecule has 5 nitrogen and oxygen atoms in total. The van der Waals surface area contributed by atoms with Gasteiger partial charge in [0, 0.05) is 6.54 Å². The fourth-order valence-corrected chi connectivity index (χ4v) is 2.61. The van der Waals surface area contributed by atoms with Crippen molar-refractivity contribution in [3.8, 4) is 0 Å². The van der Waals surface area contributed by atoms with Gasteiger partial charge in [0.05, 0.1) is 18.7 Å². The Kier molecular flexibility index (Phi) is 6.17. The molecule has 0 bridgehead atoms. The highest BCUT2D eigenvalue weighted by atomic mass is 16.5. The highest BCUT2D eigenvalue weighted by molar-refractivity contribution is 5.89. The third-order valence-electron chi connectivity index (χ3n) is 4.08. The van der Waals surface area contributed by atoms with Crippen LogP contribution in [0.5, 0.6) is 0 Å². The van der Waals surface area contributed by atoms with E-state index >= 15 is 0 Å². The summed E-state index contributed by atoms with van der Waals surface area (Å²) in [6.07, 6.45) is 0. The first-order chi connectivity index (χ1) is 11.9. The second kappa shape index (κ2) is 8.33. The van der Waals surface area contributed by atoms with Gasteiger partial charge in [-0.25, -0.2) is 9.59 Å². The number of rotatable bonds is 5. The third kappa shape index (κ3) is 5.08. The van der Waals surface area contributed by atoms with Gasteiger partial charge in [-0.2, -0.15) is 0 Å². The molecule has 0 aliphatic carbocycles. The molecule has 0 aliphatic rings. The van der Waals surface area contributed by atoms with Crippen molar-refractivity contribution in [1.29, 1.82) is 0 Å². The van der Waals surface area contributed by atoms with Crippen LogP contribution < -0.4 is 10.6 Å². The molecule has 1 atom stereocenters. The fraction of sp³-hybridized carbons (Fsp3) is 0.300. The van der Waals surface area contributed by atoms with Crippen molar-refractivity contribution in [2.24, 2.45) is 0 Å². The molecule has 0 saturated carbocycles. The minimum Gasteiger partial charge on any atom is -0.465 e. The zero-order valence-corrected chi connectivity index (χ0v) is 15.1. The lowest BCUT2D eigenvalue weighted by atomic mass is 10.0. The standard InChI is InChI=1S/C20H24N2O3/c1-13-5-6-14(2)18(11-13)15(3)22-20(24)21-12-16-7-9-17(10-8-16)19(23)25-4/h5-11,15H,12H2,1-4H3,(H2,21,22,24). The van der Waals surface area contributed by atoms with Crippen molar-refractivity contribution < 1.29 is 14.3 Å². The number of amides is 2. The maximum atomic E-state index is 12.1. The quantitative estimate of drug-likeness (QED) is 0.817.